The van der Waals surface area contributed by atoms with Crippen molar-refractivity contribution in [3.05, 3.63) is 45.6 Å². The molecule has 3 heterocycles. The number of nitro groups is 1. The zero-order chi connectivity index (χ0) is 17.9. The first-order valence-electron chi connectivity index (χ1n) is 8.03. The number of halogens is 1. The van der Waals surface area contributed by atoms with Crippen LogP contribution in [0.4, 0.5) is 15.9 Å². The molecule has 4 rings (SSSR count). The molecule has 1 aliphatic heterocycles. The monoisotopic (exact) mass is 345 g/mol. The van der Waals surface area contributed by atoms with Crippen molar-refractivity contribution in [2.75, 3.05) is 11.4 Å². The van der Waals surface area contributed by atoms with Crippen LogP contribution in [0.2, 0.25) is 0 Å². The zero-order valence-corrected chi connectivity index (χ0v) is 13.7. The van der Waals surface area contributed by atoms with Gasteiger partial charge in [0.1, 0.15) is 12.4 Å². The Morgan fingerprint density at radius 2 is 2.24 bits per heavy atom. The fourth-order valence-corrected chi connectivity index (χ4v) is 3.44. The Balaban J connectivity index is 1.65. The van der Waals surface area contributed by atoms with Crippen LogP contribution in [-0.4, -0.2) is 32.1 Å². The van der Waals surface area contributed by atoms with Crippen LogP contribution >= 0.6 is 0 Å². The Morgan fingerprint density at radius 1 is 1.48 bits per heavy atom. The summed E-state index contributed by atoms with van der Waals surface area (Å²) in [7, 11) is 0. The molecule has 8 nitrogen and oxygen atoms in total. The molecule has 2 aromatic heterocycles. The number of aromatic nitrogens is 3. The molecule has 25 heavy (non-hydrogen) atoms. The van der Waals surface area contributed by atoms with Crippen molar-refractivity contribution in [3.8, 4) is 0 Å². The number of carbonyl (C=O) groups excluding carboxylic acids is 1. The number of fused-ring (bicyclic) bond motifs is 1. The molecule has 0 spiro atoms. The summed E-state index contributed by atoms with van der Waals surface area (Å²) < 4.78 is 16.0. The van der Waals surface area contributed by atoms with Crippen molar-refractivity contribution < 1.29 is 14.1 Å². The van der Waals surface area contributed by atoms with Gasteiger partial charge < -0.3 is 0 Å². The quantitative estimate of drug-likeness (QED) is 0.625. The third-order valence-electron chi connectivity index (χ3n) is 5.01. The molecule has 1 amide bonds. The number of nitrogens with zero attached hydrogens (tertiary/aromatic N) is 5. The lowest BCUT2D eigenvalue weighted by atomic mass is 10.1. The molecule has 0 radical (unpaired) electrons. The van der Waals surface area contributed by atoms with Gasteiger partial charge in [-0.25, -0.2) is 9.37 Å². The molecule has 2 fully saturated rings. The van der Waals surface area contributed by atoms with E-state index < -0.39 is 16.8 Å². The molecular weight excluding hydrogens is 329 g/mol. The lowest BCUT2D eigenvalue weighted by Crippen LogP contribution is -2.30. The third kappa shape index (κ3) is 2.46. The van der Waals surface area contributed by atoms with Gasteiger partial charge >= 0.3 is 5.69 Å². The highest BCUT2D eigenvalue weighted by Gasteiger charge is 2.53. The first-order valence-corrected chi connectivity index (χ1v) is 8.03. The molecular formula is C16H16FN5O3. The summed E-state index contributed by atoms with van der Waals surface area (Å²) in [5.74, 6) is -0.192. The van der Waals surface area contributed by atoms with E-state index in [9.17, 15) is 19.3 Å². The number of piperidine rings is 1. The topological polar surface area (TPSA) is 94.2 Å². The number of carbonyl (C=O) groups is 1. The van der Waals surface area contributed by atoms with E-state index in [-0.39, 0.29) is 23.3 Å². The van der Waals surface area contributed by atoms with Crippen LogP contribution in [0.3, 0.4) is 0 Å². The number of amides is 1. The van der Waals surface area contributed by atoms with Gasteiger partial charge in [-0.05, 0) is 32.3 Å². The van der Waals surface area contributed by atoms with Crippen molar-refractivity contribution in [3.63, 3.8) is 0 Å². The van der Waals surface area contributed by atoms with Crippen LogP contribution in [0.25, 0.3) is 0 Å². The summed E-state index contributed by atoms with van der Waals surface area (Å²) in [6.45, 7) is 4.01. The van der Waals surface area contributed by atoms with E-state index in [2.05, 4.69) is 10.1 Å². The van der Waals surface area contributed by atoms with Crippen LogP contribution < -0.4 is 4.90 Å². The average molecular weight is 345 g/mol. The summed E-state index contributed by atoms with van der Waals surface area (Å²) in [5.41, 5.74) is 1.00. The van der Waals surface area contributed by atoms with Gasteiger partial charge in [0.25, 0.3) is 0 Å². The number of hydrogen-bond acceptors (Lipinski definition) is 5. The molecule has 130 valence electrons. The van der Waals surface area contributed by atoms with E-state index in [4.69, 9.17) is 0 Å². The smallest absolute Gasteiger partial charge is 0.294 e. The van der Waals surface area contributed by atoms with E-state index in [1.165, 1.54) is 21.8 Å². The fraction of sp³-hybridized carbons (Fsp3) is 0.438. The summed E-state index contributed by atoms with van der Waals surface area (Å²) in [6, 6.07) is 0.917. The van der Waals surface area contributed by atoms with E-state index in [1.54, 1.807) is 13.8 Å². The Bertz CT molecular complexity index is 896. The summed E-state index contributed by atoms with van der Waals surface area (Å²) in [6.07, 6.45) is 3.34. The Labute approximate surface area is 142 Å². The molecule has 3 atom stereocenters. The minimum atomic E-state index is -0.566. The molecule has 1 saturated carbocycles. The standard InChI is InChI=1S/C16H16FN5O3/c1-8-12(9(2)21-7-11(5-18-21)22(24)25)4-14(17)15(19-8)20-6-10-3-13(10)16(20)23/h4-5,7,9-10,13H,3,6H2,1-2H3/t9?,10-,13-/m1/s1. The first kappa shape index (κ1) is 15.7. The van der Waals surface area contributed by atoms with Crippen LogP contribution in [-0.2, 0) is 4.79 Å². The lowest BCUT2D eigenvalue weighted by Gasteiger charge is -2.21. The normalized spacial score (nSPS) is 22.8. The number of pyridine rings is 1. The van der Waals surface area contributed by atoms with Crippen LogP contribution in [0.1, 0.15) is 30.6 Å². The summed E-state index contributed by atoms with van der Waals surface area (Å²) in [4.78, 5) is 28.1. The maximum absolute atomic E-state index is 14.6. The third-order valence-corrected chi connectivity index (χ3v) is 5.01. The second-order valence-corrected chi connectivity index (χ2v) is 6.63. The molecule has 1 aliphatic carbocycles. The number of aryl methyl sites for hydroxylation is 1. The van der Waals surface area contributed by atoms with Gasteiger partial charge in [0.2, 0.25) is 5.91 Å². The molecule has 2 aromatic rings. The first-order chi connectivity index (χ1) is 11.9. The molecule has 2 aliphatic rings. The van der Waals surface area contributed by atoms with Gasteiger partial charge in [-0.3, -0.25) is 24.5 Å². The predicted octanol–water partition coefficient (Wildman–Crippen LogP) is 2.23. The van der Waals surface area contributed by atoms with E-state index >= 15 is 0 Å². The van der Waals surface area contributed by atoms with Gasteiger partial charge in [0.05, 0.1) is 11.0 Å². The Hall–Kier alpha value is -2.84. The summed E-state index contributed by atoms with van der Waals surface area (Å²) in [5, 5.41) is 14.8. The highest BCUT2D eigenvalue weighted by molar-refractivity contribution is 5.99. The molecule has 0 N–H and O–H groups in total. The van der Waals surface area contributed by atoms with Crippen LogP contribution in [0, 0.1) is 34.7 Å². The van der Waals surface area contributed by atoms with Crippen molar-refractivity contribution in [2.24, 2.45) is 11.8 Å². The lowest BCUT2D eigenvalue weighted by molar-refractivity contribution is -0.385. The molecule has 0 aromatic carbocycles. The highest BCUT2D eigenvalue weighted by atomic mass is 19.1. The Morgan fingerprint density at radius 3 is 2.84 bits per heavy atom. The van der Waals surface area contributed by atoms with E-state index in [0.29, 0.717) is 23.7 Å². The fourth-order valence-electron chi connectivity index (χ4n) is 3.44. The predicted molar refractivity (Wildman–Crippen MR) is 85.6 cm³/mol. The molecule has 0 bridgehead atoms. The molecule has 1 unspecified atom stereocenters. The van der Waals surface area contributed by atoms with Gasteiger partial charge in [-0.2, -0.15) is 5.10 Å². The van der Waals surface area contributed by atoms with Crippen LogP contribution in [0.5, 0.6) is 0 Å². The van der Waals surface area contributed by atoms with Crippen LogP contribution in [0.15, 0.2) is 18.5 Å². The number of rotatable bonds is 4. The maximum Gasteiger partial charge on any atom is 0.307 e. The highest BCUT2D eigenvalue weighted by Crippen LogP contribution is 2.47. The van der Waals surface area contributed by atoms with E-state index in [1.807, 2.05) is 0 Å². The minimum Gasteiger partial charge on any atom is -0.294 e. The van der Waals surface area contributed by atoms with Crippen molar-refractivity contribution >= 4 is 17.4 Å². The zero-order valence-electron chi connectivity index (χ0n) is 13.7. The van der Waals surface area contributed by atoms with E-state index in [0.717, 1.165) is 12.6 Å². The second-order valence-electron chi connectivity index (χ2n) is 6.63. The number of hydrogen-bond donors (Lipinski definition) is 0. The SMILES string of the molecule is Cc1nc(N2C[C@H]3C[C@H]3C2=O)c(F)cc1C(C)n1cc([N+](=O)[O-])cn1. The molecule has 1 saturated heterocycles. The Kier molecular flexibility index (Phi) is 3.34. The van der Waals surface area contributed by atoms with Crippen molar-refractivity contribution in [1.29, 1.82) is 0 Å². The van der Waals surface area contributed by atoms with Crippen molar-refractivity contribution in [2.45, 2.75) is 26.3 Å². The maximum atomic E-state index is 14.6. The number of anilines is 1. The minimum absolute atomic E-state index is 0.0322. The summed E-state index contributed by atoms with van der Waals surface area (Å²) >= 11 is 0. The van der Waals surface area contributed by atoms with Gasteiger partial charge in [-0.15, -0.1) is 0 Å². The molecule has 9 heteroatoms. The van der Waals surface area contributed by atoms with Gasteiger partial charge in [-0.1, -0.05) is 0 Å². The van der Waals surface area contributed by atoms with Crippen molar-refractivity contribution in [1.82, 2.24) is 14.8 Å². The largest absolute Gasteiger partial charge is 0.307 e. The second kappa shape index (κ2) is 5.33. The van der Waals surface area contributed by atoms with Gasteiger partial charge in [0.15, 0.2) is 11.6 Å². The van der Waals surface area contributed by atoms with Gasteiger partial charge in [0, 0.05) is 23.7 Å². The average Bonchev–Trinajstić information content (AvgIpc) is 3.02.